The van der Waals surface area contributed by atoms with Gasteiger partial charge in [0.05, 0.1) is 10.8 Å². The standard InChI is InChI=1S/C15H19F3N4O2S/c1-3-24-8-4-7-19-13(23)10(2)25-14-21-20-12-6-5-11(9-22(12)14)15(16,17)18/h5-6,9-10H,3-4,7-8H2,1-2H3,(H,19,23). The van der Waals surface area contributed by atoms with Crippen molar-refractivity contribution in [2.75, 3.05) is 19.8 Å². The van der Waals surface area contributed by atoms with Gasteiger partial charge in [0.15, 0.2) is 10.8 Å². The lowest BCUT2D eigenvalue weighted by atomic mass is 10.3. The van der Waals surface area contributed by atoms with Gasteiger partial charge < -0.3 is 10.1 Å². The first-order chi connectivity index (χ1) is 11.8. The SMILES string of the molecule is CCOCCCNC(=O)C(C)Sc1nnc2ccc(C(F)(F)F)cn12. The van der Waals surface area contributed by atoms with Gasteiger partial charge in [-0.25, -0.2) is 0 Å². The minimum Gasteiger partial charge on any atom is -0.382 e. The van der Waals surface area contributed by atoms with Crippen molar-refractivity contribution in [3.05, 3.63) is 23.9 Å². The minimum absolute atomic E-state index is 0.217. The topological polar surface area (TPSA) is 68.5 Å². The molecule has 0 aliphatic rings. The minimum atomic E-state index is -4.45. The third kappa shape index (κ3) is 5.33. The number of rotatable bonds is 8. The van der Waals surface area contributed by atoms with E-state index >= 15 is 0 Å². The first kappa shape index (κ1) is 19.5. The third-order valence-corrected chi connectivity index (χ3v) is 4.38. The zero-order valence-electron chi connectivity index (χ0n) is 13.8. The average Bonchev–Trinajstić information content (AvgIpc) is 2.96. The predicted octanol–water partition coefficient (Wildman–Crippen LogP) is 2.77. The van der Waals surface area contributed by atoms with Crippen molar-refractivity contribution < 1.29 is 22.7 Å². The highest BCUT2D eigenvalue weighted by Gasteiger charge is 2.31. The number of ether oxygens (including phenoxy) is 1. The summed E-state index contributed by atoms with van der Waals surface area (Å²) in [6.07, 6.45) is -2.83. The Bertz CT molecular complexity index is 720. The number of aromatic nitrogens is 3. The number of nitrogens with zero attached hydrogens (tertiary/aromatic N) is 3. The number of alkyl halides is 3. The second kappa shape index (κ2) is 8.52. The third-order valence-electron chi connectivity index (χ3n) is 3.32. The molecule has 0 aromatic carbocycles. The van der Waals surface area contributed by atoms with Crippen LogP contribution in [0.4, 0.5) is 13.2 Å². The lowest BCUT2D eigenvalue weighted by Crippen LogP contribution is -2.32. The number of halogens is 3. The van der Waals surface area contributed by atoms with Gasteiger partial charge in [0.2, 0.25) is 5.91 Å². The summed E-state index contributed by atoms with van der Waals surface area (Å²) in [5.41, 5.74) is -0.505. The average molecular weight is 376 g/mol. The number of thioether (sulfide) groups is 1. The number of amides is 1. The van der Waals surface area contributed by atoms with Crippen LogP contribution in [0.2, 0.25) is 0 Å². The summed E-state index contributed by atoms with van der Waals surface area (Å²) in [6, 6.07) is 2.20. The summed E-state index contributed by atoms with van der Waals surface area (Å²) < 4.78 is 44.9. The molecular weight excluding hydrogens is 357 g/mol. The van der Waals surface area contributed by atoms with E-state index in [0.29, 0.717) is 31.8 Å². The molecule has 1 N–H and O–H groups in total. The van der Waals surface area contributed by atoms with Crippen molar-refractivity contribution in [1.82, 2.24) is 19.9 Å². The maximum atomic E-state index is 12.8. The predicted molar refractivity (Wildman–Crippen MR) is 87.4 cm³/mol. The van der Waals surface area contributed by atoms with Gasteiger partial charge in [-0.15, -0.1) is 10.2 Å². The van der Waals surface area contributed by atoms with Crippen LogP contribution in [-0.4, -0.2) is 45.5 Å². The van der Waals surface area contributed by atoms with E-state index in [2.05, 4.69) is 15.5 Å². The highest BCUT2D eigenvalue weighted by Crippen LogP contribution is 2.30. The van der Waals surface area contributed by atoms with E-state index in [1.807, 2.05) is 6.92 Å². The Morgan fingerprint density at radius 1 is 1.40 bits per heavy atom. The van der Waals surface area contributed by atoms with Crippen LogP contribution < -0.4 is 5.32 Å². The van der Waals surface area contributed by atoms with Gasteiger partial charge in [0, 0.05) is 26.0 Å². The van der Waals surface area contributed by atoms with E-state index in [-0.39, 0.29) is 11.1 Å². The Morgan fingerprint density at radius 3 is 2.84 bits per heavy atom. The van der Waals surface area contributed by atoms with Crippen LogP contribution in [0.5, 0.6) is 0 Å². The van der Waals surface area contributed by atoms with Crippen molar-refractivity contribution in [1.29, 1.82) is 0 Å². The largest absolute Gasteiger partial charge is 0.417 e. The highest BCUT2D eigenvalue weighted by molar-refractivity contribution is 8.00. The number of hydrogen-bond acceptors (Lipinski definition) is 5. The van der Waals surface area contributed by atoms with E-state index < -0.39 is 17.0 Å². The van der Waals surface area contributed by atoms with Gasteiger partial charge >= 0.3 is 6.18 Å². The van der Waals surface area contributed by atoms with Crippen LogP contribution in [0.25, 0.3) is 5.65 Å². The molecule has 2 heterocycles. The Labute approximate surface area is 147 Å². The van der Waals surface area contributed by atoms with Crippen molar-refractivity contribution >= 4 is 23.3 Å². The molecule has 0 bridgehead atoms. The lowest BCUT2D eigenvalue weighted by molar-refractivity contribution is -0.137. The number of carbonyl (C=O) groups is 1. The van der Waals surface area contributed by atoms with Crippen LogP contribution in [0.1, 0.15) is 25.8 Å². The molecule has 2 aromatic rings. The summed E-state index contributed by atoms with van der Waals surface area (Å²) in [6.45, 7) is 5.22. The molecule has 25 heavy (non-hydrogen) atoms. The summed E-state index contributed by atoms with van der Waals surface area (Å²) in [4.78, 5) is 12.1. The smallest absolute Gasteiger partial charge is 0.382 e. The Kier molecular flexibility index (Phi) is 6.65. The molecule has 1 atom stereocenters. The molecule has 0 saturated heterocycles. The molecule has 1 unspecified atom stereocenters. The number of pyridine rings is 1. The maximum Gasteiger partial charge on any atom is 0.417 e. The fourth-order valence-corrected chi connectivity index (χ4v) is 2.86. The number of carbonyl (C=O) groups excluding carboxylic acids is 1. The van der Waals surface area contributed by atoms with Gasteiger partial charge in [-0.05, 0) is 32.4 Å². The van der Waals surface area contributed by atoms with Crippen molar-refractivity contribution in [3.8, 4) is 0 Å². The fraction of sp³-hybridized carbons (Fsp3) is 0.533. The Morgan fingerprint density at radius 2 is 2.16 bits per heavy atom. The molecule has 0 aliphatic carbocycles. The monoisotopic (exact) mass is 376 g/mol. The van der Waals surface area contributed by atoms with Crippen LogP contribution >= 0.6 is 11.8 Å². The van der Waals surface area contributed by atoms with Gasteiger partial charge in [-0.2, -0.15) is 13.2 Å². The van der Waals surface area contributed by atoms with Crippen LogP contribution in [0.15, 0.2) is 23.5 Å². The van der Waals surface area contributed by atoms with E-state index in [1.54, 1.807) is 6.92 Å². The number of hydrogen-bond donors (Lipinski definition) is 1. The second-order valence-corrected chi connectivity index (χ2v) is 6.54. The molecule has 10 heteroatoms. The summed E-state index contributed by atoms with van der Waals surface area (Å²) in [5.74, 6) is -0.217. The highest BCUT2D eigenvalue weighted by atomic mass is 32.2. The van der Waals surface area contributed by atoms with E-state index in [0.717, 1.165) is 24.0 Å². The van der Waals surface area contributed by atoms with Gasteiger partial charge in [-0.1, -0.05) is 11.8 Å². The van der Waals surface area contributed by atoms with Gasteiger partial charge in [0.1, 0.15) is 0 Å². The first-order valence-corrected chi connectivity index (χ1v) is 8.65. The molecule has 0 saturated carbocycles. The molecule has 1 amide bonds. The zero-order valence-corrected chi connectivity index (χ0v) is 14.7. The van der Waals surface area contributed by atoms with Crippen LogP contribution in [0.3, 0.4) is 0 Å². The number of fused-ring (bicyclic) bond motifs is 1. The van der Waals surface area contributed by atoms with Crippen molar-refractivity contribution in [3.63, 3.8) is 0 Å². The van der Waals surface area contributed by atoms with Gasteiger partial charge in [0.25, 0.3) is 0 Å². The molecule has 138 valence electrons. The van der Waals surface area contributed by atoms with Crippen molar-refractivity contribution in [2.45, 2.75) is 36.9 Å². The first-order valence-electron chi connectivity index (χ1n) is 7.77. The quantitative estimate of drug-likeness (QED) is 0.567. The molecular formula is C15H19F3N4O2S. The lowest BCUT2D eigenvalue weighted by Gasteiger charge is -2.11. The molecule has 0 aliphatic heterocycles. The summed E-state index contributed by atoms with van der Waals surface area (Å²) in [5, 5.41) is 10.2. The molecule has 0 spiro atoms. The number of nitrogens with one attached hydrogen (secondary N) is 1. The zero-order chi connectivity index (χ0) is 18.4. The molecule has 6 nitrogen and oxygen atoms in total. The van der Waals surface area contributed by atoms with E-state index in [1.165, 1.54) is 10.5 Å². The normalized spacial score (nSPS) is 13.2. The van der Waals surface area contributed by atoms with Gasteiger partial charge in [-0.3, -0.25) is 9.20 Å². The van der Waals surface area contributed by atoms with Crippen LogP contribution in [-0.2, 0) is 15.7 Å². The van der Waals surface area contributed by atoms with E-state index in [4.69, 9.17) is 4.74 Å². The molecule has 2 aromatic heterocycles. The fourth-order valence-electron chi connectivity index (χ4n) is 2.00. The maximum absolute atomic E-state index is 12.8. The van der Waals surface area contributed by atoms with Crippen LogP contribution in [0, 0.1) is 0 Å². The second-order valence-electron chi connectivity index (χ2n) is 5.23. The molecule has 0 radical (unpaired) electrons. The summed E-state index contributed by atoms with van der Waals surface area (Å²) >= 11 is 1.05. The molecule has 0 fully saturated rings. The summed E-state index contributed by atoms with van der Waals surface area (Å²) in [7, 11) is 0. The Hall–Kier alpha value is -1.81. The van der Waals surface area contributed by atoms with Crippen molar-refractivity contribution in [2.24, 2.45) is 0 Å². The van der Waals surface area contributed by atoms with E-state index in [9.17, 15) is 18.0 Å². The Balaban J connectivity index is 2.00. The molecule has 2 rings (SSSR count).